The van der Waals surface area contributed by atoms with Crippen LogP contribution in [0.25, 0.3) is 0 Å². The molecule has 0 aliphatic carbocycles. The van der Waals surface area contributed by atoms with Crippen molar-refractivity contribution in [2.75, 3.05) is 0 Å². The van der Waals surface area contributed by atoms with E-state index in [0.29, 0.717) is 17.6 Å². The number of hydrogen-bond acceptors (Lipinski definition) is 1. The molecule has 0 saturated heterocycles. The van der Waals surface area contributed by atoms with E-state index in [1.165, 1.54) is 70.6 Å². The van der Waals surface area contributed by atoms with Gasteiger partial charge in [-0.2, -0.15) is 0 Å². The van der Waals surface area contributed by atoms with Gasteiger partial charge in [-0.15, -0.1) is 0 Å². The maximum Gasteiger partial charge on any atom is 0.132 e. The molecule has 0 aromatic heterocycles. The van der Waals surface area contributed by atoms with Crippen molar-refractivity contribution in [2.24, 2.45) is 11.8 Å². The van der Waals surface area contributed by atoms with Gasteiger partial charge in [0, 0.05) is 5.92 Å². The molecule has 21 heavy (non-hydrogen) atoms. The number of Topliss-reactive ketones (excluding diaryl/α,β-unsaturated/α-hetero) is 1. The topological polar surface area (TPSA) is 17.1 Å². The Bertz CT molecular complexity index is 232. The van der Waals surface area contributed by atoms with Gasteiger partial charge in [-0.1, -0.05) is 91.4 Å². The third-order valence-corrected chi connectivity index (χ3v) is 4.49. The third kappa shape index (κ3) is 14.4. The zero-order valence-electron chi connectivity index (χ0n) is 15.3. The van der Waals surface area contributed by atoms with Gasteiger partial charge in [0.25, 0.3) is 0 Å². The summed E-state index contributed by atoms with van der Waals surface area (Å²) >= 11 is 0. The predicted molar refractivity (Wildman–Crippen MR) is 94.7 cm³/mol. The van der Waals surface area contributed by atoms with Crippen LogP contribution in [0.15, 0.2) is 0 Å². The lowest BCUT2D eigenvalue weighted by Gasteiger charge is -2.15. The van der Waals surface area contributed by atoms with Gasteiger partial charge < -0.3 is 0 Å². The molecular formula is C20H40O. The molecule has 1 unspecified atom stereocenters. The first kappa shape index (κ1) is 20.7. The number of hydrogen-bond donors (Lipinski definition) is 0. The minimum Gasteiger partial charge on any atom is -0.300 e. The average Bonchev–Trinajstić information content (AvgIpc) is 2.42. The van der Waals surface area contributed by atoms with Crippen molar-refractivity contribution in [1.82, 2.24) is 0 Å². The van der Waals surface area contributed by atoms with E-state index in [2.05, 4.69) is 20.8 Å². The first-order valence-corrected chi connectivity index (χ1v) is 9.58. The van der Waals surface area contributed by atoms with Crippen LogP contribution in [-0.2, 0) is 4.79 Å². The van der Waals surface area contributed by atoms with Crippen LogP contribution in [0.3, 0.4) is 0 Å². The smallest absolute Gasteiger partial charge is 0.132 e. The Morgan fingerprint density at radius 2 is 1.19 bits per heavy atom. The molecule has 0 heterocycles. The molecule has 0 spiro atoms. The molecule has 126 valence electrons. The van der Waals surface area contributed by atoms with Crippen molar-refractivity contribution >= 4 is 5.78 Å². The molecule has 1 nitrogen and oxygen atoms in total. The SMILES string of the molecule is CCCCCCCCCCCCCC(CC(C)C)C(C)=O. The summed E-state index contributed by atoms with van der Waals surface area (Å²) in [6, 6.07) is 0. The lowest BCUT2D eigenvalue weighted by atomic mass is 9.89. The second kappa shape index (κ2) is 14.6. The summed E-state index contributed by atoms with van der Waals surface area (Å²) in [5.41, 5.74) is 0. The van der Waals surface area contributed by atoms with Crippen molar-refractivity contribution in [3.8, 4) is 0 Å². The molecule has 0 N–H and O–H groups in total. The van der Waals surface area contributed by atoms with Gasteiger partial charge >= 0.3 is 0 Å². The molecule has 0 fully saturated rings. The van der Waals surface area contributed by atoms with Crippen LogP contribution >= 0.6 is 0 Å². The largest absolute Gasteiger partial charge is 0.300 e. The molecule has 1 heteroatoms. The standard InChI is InChI=1S/C20H40O/c1-5-6-7-8-9-10-11-12-13-14-15-16-20(19(4)21)17-18(2)3/h18,20H,5-17H2,1-4H3. The maximum atomic E-state index is 11.6. The summed E-state index contributed by atoms with van der Waals surface area (Å²) in [5.74, 6) is 1.37. The summed E-state index contributed by atoms with van der Waals surface area (Å²) in [6.07, 6.45) is 17.4. The van der Waals surface area contributed by atoms with Crippen molar-refractivity contribution in [3.05, 3.63) is 0 Å². The highest BCUT2D eigenvalue weighted by molar-refractivity contribution is 5.78. The van der Waals surface area contributed by atoms with E-state index in [-0.39, 0.29) is 0 Å². The van der Waals surface area contributed by atoms with E-state index >= 15 is 0 Å². The van der Waals surface area contributed by atoms with Crippen LogP contribution < -0.4 is 0 Å². The summed E-state index contributed by atoms with van der Waals surface area (Å²) in [4.78, 5) is 11.6. The lowest BCUT2D eigenvalue weighted by molar-refractivity contribution is -0.121. The Morgan fingerprint density at radius 1 is 0.762 bits per heavy atom. The van der Waals surface area contributed by atoms with Gasteiger partial charge in [-0.25, -0.2) is 0 Å². The fourth-order valence-electron chi connectivity index (χ4n) is 3.11. The van der Waals surface area contributed by atoms with Crippen LogP contribution in [0.5, 0.6) is 0 Å². The second-order valence-electron chi connectivity index (χ2n) is 7.26. The van der Waals surface area contributed by atoms with Crippen molar-refractivity contribution < 1.29 is 4.79 Å². The first-order valence-electron chi connectivity index (χ1n) is 9.58. The Labute approximate surface area is 134 Å². The fraction of sp³-hybridized carbons (Fsp3) is 0.950. The third-order valence-electron chi connectivity index (χ3n) is 4.49. The van der Waals surface area contributed by atoms with Gasteiger partial charge in [0.2, 0.25) is 0 Å². The highest BCUT2D eigenvalue weighted by Gasteiger charge is 2.14. The zero-order valence-corrected chi connectivity index (χ0v) is 15.3. The van der Waals surface area contributed by atoms with Gasteiger partial charge in [0.05, 0.1) is 0 Å². The Balaban J connectivity index is 3.36. The molecule has 0 saturated carbocycles. The molecule has 0 aliphatic heterocycles. The molecule has 1 atom stereocenters. The number of carbonyl (C=O) groups is 1. The Hall–Kier alpha value is -0.330. The van der Waals surface area contributed by atoms with E-state index in [1.807, 2.05) is 0 Å². The first-order chi connectivity index (χ1) is 10.1. The molecule has 0 aliphatic rings. The predicted octanol–water partition coefficient (Wildman–Crippen LogP) is 6.94. The van der Waals surface area contributed by atoms with E-state index in [1.54, 1.807) is 6.92 Å². The summed E-state index contributed by atoms with van der Waals surface area (Å²) in [5, 5.41) is 0. The lowest BCUT2D eigenvalue weighted by Crippen LogP contribution is -2.13. The quantitative estimate of drug-likeness (QED) is 0.299. The number of rotatable bonds is 15. The van der Waals surface area contributed by atoms with Crippen LogP contribution in [0.2, 0.25) is 0 Å². The van der Waals surface area contributed by atoms with Crippen LogP contribution in [0, 0.1) is 11.8 Å². The Kier molecular flexibility index (Phi) is 14.4. The average molecular weight is 297 g/mol. The zero-order chi connectivity index (χ0) is 15.9. The number of ketones is 1. The van der Waals surface area contributed by atoms with Crippen LogP contribution in [-0.4, -0.2) is 5.78 Å². The van der Waals surface area contributed by atoms with Gasteiger partial charge in [-0.3, -0.25) is 4.79 Å². The molecule has 0 aromatic carbocycles. The number of carbonyl (C=O) groups excluding carboxylic acids is 1. The summed E-state index contributed by atoms with van der Waals surface area (Å²) in [6.45, 7) is 8.48. The van der Waals surface area contributed by atoms with Gasteiger partial charge in [-0.05, 0) is 25.7 Å². The highest BCUT2D eigenvalue weighted by atomic mass is 16.1. The number of unbranched alkanes of at least 4 members (excludes halogenated alkanes) is 10. The molecule has 0 amide bonds. The van der Waals surface area contributed by atoms with Crippen LogP contribution in [0.4, 0.5) is 0 Å². The van der Waals surface area contributed by atoms with Gasteiger partial charge in [0.1, 0.15) is 5.78 Å². The fourth-order valence-corrected chi connectivity index (χ4v) is 3.11. The van der Waals surface area contributed by atoms with E-state index in [4.69, 9.17) is 0 Å². The molecule has 0 aromatic rings. The summed E-state index contributed by atoms with van der Waals surface area (Å²) in [7, 11) is 0. The van der Waals surface area contributed by atoms with E-state index in [0.717, 1.165) is 12.8 Å². The highest BCUT2D eigenvalue weighted by Crippen LogP contribution is 2.20. The van der Waals surface area contributed by atoms with E-state index in [9.17, 15) is 4.79 Å². The Morgan fingerprint density at radius 3 is 1.57 bits per heavy atom. The minimum absolute atomic E-state index is 0.323. The van der Waals surface area contributed by atoms with Crippen molar-refractivity contribution in [1.29, 1.82) is 0 Å². The molecule has 0 bridgehead atoms. The monoisotopic (exact) mass is 296 g/mol. The summed E-state index contributed by atoms with van der Waals surface area (Å²) < 4.78 is 0. The minimum atomic E-state index is 0.323. The molecule has 0 radical (unpaired) electrons. The van der Waals surface area contributed by atoms with Crippen molar-refractivity contribution in [2.45, 2.75) is 111 Å². The second-order valence-corrected chi connectivity index (χ2v) is 7.26. The molecular weight excluding hydrogens is 256 g/mol. The van der Waals surface area contributed by atoms with Gasteiger partial charge in [0.15, 0.2) is 0 Å². The molecule has 0 rings (SSSR count). The normalized spacial score (nSPS) is 12.8. The van der Waals surface area contributed by atoms with Crippen molar-refractivity contribution in [3.63, 3.8) is 0 Å². The maximum absolute atomic E-state index is 11.6. The van der Waals surface area contributed by atoms with Crippen LogP contribution in [0.1, 0.15) is 111 Å². The van der Waals surface area contributed by atoms with E-state index < -0.39 is 0 Å².